The van der Waals surface area contributed by atoms with Crippen molar-refractivity contribution in [1.82, 2.24) is 30.1 Å². The van der Waals surface area contributed by atoms with Crippen LogP contribution in [0.15, 0.2) is 114 Å². The van der Waals surface area contributed by atoms with Gasteiger partial charge in [-0.3, -0.25) is 14.4 Å². The van der Waals surface area contributed by atoms with E-state index in [0.29, 0.717) is 42.3 Å². The van der Waals surface area contributed by atoms with Crippen molar-refractivity contribution >= 4 is 34.4 Å². The second-order valence-corrected chi connectivity index (χ2v) is 13.7. The van der Waals surface area contributed by atoms with Gasteiger partial charge in [0.05, 0.1) is 29.7 Å². The van der Waals surface area contributed by atoms with Crippen LogP contribution in [0.25, 0.3) is 33.8 Å². The molecule has 11 heteroatoms. The number of carbonyl (C=O) groups excluding carboxylic acids is 3. The van der Waals surface area contributed by atoms with Crippen LogP contribution in [-0.4, -0.2) is 68.7 Å². The van der Waals surface area contributed by atoms with E-state index in [4.69, 9.17) is 9.40 Å². The Kier molecular flexibility index (Phi) is 9.56. The van der Waals surface area contributed by atoms with E-state index in [2.05, 4.69) is 20.6 Å². The molecule has 53 heavy (non-hydrogen) atoms. The van der Waals surface area contributed by atoms with Crippen LogP contribution in [0.4, 0.5) is 5.69 Å². The molecule has 6 aromatic rings. The lowest BCUT2D eigenvalue weighted by Gasteiger charge is -2.28. The number of aromatic amines is 1. The Morgan fingerprint density at radius 3 is 2.45 bits per heavy atom. The highest BCUT2D eigenvalue weighted by molar-refractivity contribution is 5.98. The summed E-state index contributed by atoms with van der Waals surface area (Å²) < 4.78 is 6.23. The molecule has 4 aromatic carbocycles. The van der Waals surface area contributed by atoms with Gasteiger partial charge >= 0.3 is 0 Å². The zero-order valence-corrected chi connectivity index (χ0v) is 29.5. The molecule has 0 aliphatic carbocycles. The molecule has 2 saturated heterocycles. The summed E-state index contributed by atoms with van der Waals surface area (Å²) in [7, 11) is 1.76. The number of anilines is 1. The minimum Gasteiger partial charge on any atom is -0.436 e. The van der Waals surface area contributed by atoms with Crippen LogP contribution in [0.1, 0.15) is 54.7 Å². The first-order chi connectivity index (χ1) is 25.9. The normalized spacial score (nSPS) is 17.7. The number of aromatic nitrogens is 3. The van der Waals surface area contributed by atoms with Crippen LogP contribution in [-0.2, 0) is 20.8 Å². The third-order valence-corrected chi connectivity index (χ3v) is 10.3. The average molecular weight is 708 g/mol. The van der Waals surface area contributed by atoms with Crippen molar-refractivity contribution in [3.05, 3.63) is 126 Å². The third kappa shape index (κ3) is 7.07. The Labute approximate surface area is 307 Å². The van der Waals surface area contributed by atoms with Crippen LogP contribution in [0, 0.1) is 0 Å². The van der Waals surface area contributed by atoms with Crippen LogP contribution in [0.2, 0.25) is 0 Å². The fourth-order valence-corrected chi connectivity index (χ4v) is 7.61. The first-order valence-corrected chi connectivity index (χ1v) is 18.2. The summed E-state index contributed by atoms with van der Waals surface area (Å²) in [5.74, 6) is 1.56. The Morgan fingerprint density at radius 1 is 0.868 bits per heavy atom. The number of rotatable bonds is 10. The molecule has 0 bridgehead atoms. The molecule has 268 valence electrons. The number of amides is 3. The highest BCUT2D eigenvalue weighted by atomic mass is 16.4. The SMILES string of the molecule is CN[C@@H](C(=O)N1CCC[C@H]1C(=O)Nc1cccc(-c2ncc(-c3ccc4nc([C@@H]5CCCN5C(=O)Cc5ccccc5)[nH]c4c3)o2)c1)c1ccccc1. The van der Waals surface area contributed by atoms with E-state index < -0.39 is 12.1 Å². The minimum atomic E-state index is -0.566. The van der Waals surface area contributed by atoms with Gasteiger partial charge in [-0.1, -0.05) is 66.7 Å². The molecule has 8 rings (SSSR count). The van der Waals surface area contributed by atoms with E-state index >= 15 is 0 Å². The standard InChI is InChI=1S/C42H41N7O4/c1-43-38(28-13-6-3-7-14-28)42(52)49-22-10-18-35(49)40(51)45-31-16-8-15-30(24-31)41-44-26-36(53-41)29-19-20-32-33(25-29)47-39(46-32)34-17-9-21-48(34)37(50)23-27-11-4-2-5-12-27/h2-8,11-16,19-20,24-26,34-35,38,43H,9-10,17-18,21-23H2,1H3,(H,45,51)(H,46,47)/t34-,35-,38+/m0/s1. The third-order valence-electron chi connectivity index (χ3n) is 10.3. The molecule has 2 aromatic heterocycles. The molecule has 0 saturated carbocycles. The Bertz CT molecular complexity index is 2250. The lowest BCUT2D eigenvalue weighted by molar-refractivity contribution is -0.138. The molecule has 11 nitrogen and oxygen atoms in total. The van der Waals surface area contributed by atoms with Crippen LogP contribution >= 0.6 is 0 Å². The number of likely N-dealkylation sites (N-methyl/N-ethyl adjacent to an activating group) is 1. The van der Waals surface area contributed by atoms with Gasteiger partial charge in [0, 0.05) is 29.9 Å². The number of fused-ring (bicyclic) bond motifs is 1. The summed E-state index contributed by atoms with van der Waals surface area (Å²) in [6, 6.07) is 31.5. The van der Waals surface area contributed by atoms with E-state index in [-0.39, 0.29) is 23.8 Å². The van der Waals surface area contributed by atoms with E-state index in [1.165, 1.54) is 0 Å². The smallest absolute Gasteiger partial charge is 0.247 e. The van der Waals surface area contributed by atoms with Crippen molar-refractivity contribution in [3.8, 4) is 22.8 Å². The van der Waals surface area contributed by atoms with E-state index in [1.807, 2.05) is 108 Å². The number of H-pyrrole nitrogens is 1. The maximum Gasteiger partial charge on any atom is 0.247 e. The van der Waals surface area contributed by atoms with Gasteiger partial charge in [-0.05, 0) is 80.3 Å². The van der Waals surface area contributed by atoms with Crippen molar-refractivity contribution in [2.75, 3.05) is 25.5 Å². The van der Waals surface area contributed by atoms with Gasteiger partial charge in [-0.15, -0.1) is 0 Å². The molecule has 4 heterocycles. The summed E-state index contributed by atoms with van der Waals surface area (Å²) in [6.45, 7) is 1.25. The molecule has 0 spiro atoms. The number of nitrogens with one attached hydrogen (secondary N) is 3. The Hall–Kier alpha value is -6.07. The van der Waals surface area contributed by atoms with Gasteiger partial charge in [0.2, 0.25) is 23.6 Å². The van der Waals surface area contributed by atoms with Crippen molar-refractivity contribution in [2.45, 2.75) is 50.2 Å². The quantitative estimate of drug-likeness (QED) is 0.145. The Morgan fingerprint density at radius 2 is 1.64 bits per heavy atom. The molecule has 2 aliphatic rings. The van der Waals surface area contributed by atoms with Gasteiger partial charge in [-0.2, -0.15) is 0 Å². The van der Waals surface area contributed by atoms with Gasteiger partial charge in [0.25, 0.3) is 0 Å². The predicted molar refractivity (Wildman–Crippen MR) is 202 cm³/mol. The molecule has 2 aliphatic heterocycles. The van der Waals surface area contributed by atoms with E-state index in [1.54, 1.807) is 18.1 Å². The highest BCUT2D eigenvalue weighted by Crippen LogP contribution is 2.34. The zero-order valence-electron chi connectivity index (χ0n) is 29.5. The summed E-state index contributed by atoms with van der Waals surface area (Å²) in [4.78, 5) is 56.9. The van der Waals surface area contributed by atoms with Gasteiger partial charge in [0.15, 0.2) is 5.76 Å². The molecule has 3 N–H and O–H groups in total. The first kappa shape index (κ1) is 34.0. The number of likely N-dealkylation sites (tertiary alicyclic amines) is 2. The number of benzene rings is 4. The summed E-state index contributed by atoms with van der Waals surface area (Å²) >= 11 is 0. The number of oxazole rings is 1. The minimum absolute atomic E-state index is 0.0940. The predicted octanol–water partition coefficient (Wildman–Crippen LogP) is 6.68. The molecule has 3 atom stereocenters. The van der Waals surface area contributed by atoms with Crippen molar-refractivity contribution in [3.63, 3.8) is 0 Å². The topological polar surface area (TPSA) is 136 Å². The molecular weight excluding hydrogens is 667 g/mol. The zero-order chi connectivity index (χ0) is 36.3. The molecular formula is C42H41N7O4. The fraction of sp³-hybridized carbons (Fsp3) is 0.262. The van der Waals surface area contributed by atoms with E-state index in [9.17, 15) is 14.4 Å². The number of imidazole rings is 1. The molecule has 0 unspecified atom stereocenters. The highest BCUT2D eigenvalue weighted by Gasteiger charge is 2.37. The first-order valence-electron chi connectivity index (χ1n) is 18.2. The maximum atomic E-state index is 13.6. The Balaban J connectivity index is 0.947. The van der Waals surface area contributed by atoms with Crippen LogP contribution in [0.3, 0.4) is 0 Å². The van der Waals surface area contributed by atoms with Gasteiger partial charge in [-0.25, -0.2) is 9.97 Å². The number of hydrogen-bond donors (Lipinski definition) is 3. The monoisotopic (exact) mass is 707 g/mol. The second-order valence-electron chi connectivity index (χ2n) is 13.7. The second kappa shape index (κ2) is 14.9. The van der Waals surface area contributed by atoms with Crippen LogP contribution < -0.4 is 10.6 Å². The lowest BCUT2D eigenvalue weighted by Crippen LogP contribution is -2.47. The van der Waals surface area contributed by atoms with Crippen molar-refractivity contribution in [2.24, 2.45) is 0 Å². The van der Waals surface area contributed by atoms with Gasteiger partial charge in [0.1, 0.15) is 17.9 Å². The van der Waals surface area contributed by atoms with Gasteiger partial charge < -0.3 is 29.8 Å². The molecule has 0 radical (unpaired) electrons. The van der Waals surface area contributed by atoms with E-state index in [0.717, 1.165) is 59.4 Å². The number of carbonyl (C=O) groups is 3. The van der Waals surface area contributed by atoms with Crippen molar-refractivity contribution in [1.29, 1.82) is 0 Å². The van der Waals surface area contributed by atoms with Crippen molar-refractivity contribution < 1.29 is 18.8 Å². The summed E-state index contributed by atoms with van der Waals surface area (Å²) in [5, 5.41) is 6.14. The molecule has 3 amide bonds. The largest absolute Gasteiger partial charge is 0.436 e. The summed E-state index contributed by atoms with van der Waals surface area (Å²) in [6.07, 6.45) is 5.21. The summed E-state index contributed by atoms with van der Waals surface area (Å²) in [5.41, 5.74) is 5.67. The number of hydrogen-bond acceptors (Lipinski definition) is 7. The maximum absolute atomic E-state index is 13.6. The average Bonchev–Trinajstić information content (AvgIpc) is 4.02. The van der Waals surface area contributed by atoms with Crippen LogP contribution in [0.5, 0.6) is 0 Å². The molecule has 2 fully saturated rings. The number of nitrogens with zero attached hydrogens (tertiary/aromatic N) is 4. The fourth-order valence-electron chi connectivity index (χ4n) is 7.61. The lowest BCUT2D eigenvalue weighted by atomic mass is 10.1.